The lowest BCUT2D eigenvalue weighted by molar-refractivity contribution is 0.0934. The highest BCUT2D eigenvalue weighted by Gasteiger charge is 2.16. The van der Waals surface area contributed by atoms with Crippen LogP contribution >= 0.6 is 0 Å². The van der Waals surface area contributed by atoms with E-state index in [1.807, 2.05) is 68.6 Å². The number of carbonyl (C=O) groups is 1. The molecule has 25 heavy (non-hydrogen) atoms. The standard InChI is InChI=1S/C20H21N3O2/c1-14(15-7-5-4-6-8-15)21-20(24)18-13-19(23(2)22-18)16-9-11-17(25-3)12-10-16/h4-14H,1-3H3,(H,21,24). The van der Waals surface area contributed by atoms with E-state index in [9.17, 15) is 4.79 Å². The first-order valence-electron chi connectivity index (χ1n) is 8.13. The molecule has 5 nitrogen and oxygen atoms in total. The number of aromatic nitrogens is 2. The van der Waals surface area contributed by atoms with Crippen LogP contribution in [-0.2, 0) is 7.05 Å². The number of benzene rings is 2. The molecule has 0 aliphatic carbocycles. The van der Waals surface area contributed by atoms with Crippen LogP contribution in [0.1, 0.15) is 29.0 Å². The first-order valence-corrected chi connectivity index (χ1v) is 8.13. The number of rotatable bonds is 5. The van der Waals surface area contributed by atoms with Gasteiger partial charge >= 0.3 is 0 Å². The van der Waals surface area contributed by atoms with Crippen molar-refractivity contribution in [2.24, 2.45) is 7.05 Å². The van der Waals surface area contributed by atoms with Gasteiger partial charge in [-0.15, -0.1) is 0 Å². The third-order valence-corrected chi connectivity index (χ3v) is 4.15. The highest BCUT2D eigenvalue weighted by atomic mass is 16.5. The molecule has 0 aliphatic rings. The van der Waals surface area contributed by atoms with E-state index in [0.29, 0.717) is 5.69 Å². The molecule has 0 aliphatic heterocycles. The maximum absolute atomic E-state index is 12.5. The topological polar surface area (TPSA) is 56.1 Å². The minimum Gasteiger partial charge on any atom is -0.497 e. The van der Waals surface area contributed by atoms with Gasteiger partial charge in [0.05, 0.1) is 18.8 Å². The van der Waals surface area contributed by atoms with Crippen LogP contribution in [-0.4, -0.2) is 22.8 Å². The van der Waals surface area contributed by atoms with Crippen molar-refractivity contribution < 1.29 is 9.53 Å². The van der Waals surface area contributed by atoms with Crippen molar-refractivity contribution >= 4 is 5.91 Å². The average Bonchev–Trinajstić information content (AvgIpc) is 3.04. The number of hydrogen-bond acceptors (Lipinski definition) is 3. The molecule has 0 radical (unpaired) electrons. The molecule has 1 N–H and O–H groups in total. The second-order valence-corrected chi connectivity index (χ2v) is 5.87. The van der Waals surface area contributed by atoms with Gasteiger partial charge in [-0.05, 0) is 42.8 Å². The molecule has 128 valence electrons. The fourth-order valence-electron chi connectivity index (χ4n) is 2.71. The molecular formula is C20H21N3O2. The van der Waals surface area contributed by atoms with Crippen molar-refractivity contribution in [1.82, 2.24) is 15.1 Å². The zero-order valence-electron chi connectivity index (χ0n) is 14.6. The number of nitrogens with one attached hydrogen (secondary N) is 1. The smallest absolute Gasteiger partial charge is 0.272 e. The molecule has 0 saturated carbocycles. The van der Waals surface area contributed by atoms with Crippen LogP contribution < -0.4 is 10.1 Å². The molecule has 1 atom stereocenters. The monoisotopic (exact) mass is 335 g/mol. The van der Waals surface area contributed by atoms with Crippen molar-refractivity contribution in [2.75, 3.05) is 7.11 Å². The van der Waals surface area contributed by atoms with Gasteiger partial charge in [0, 0.05) is 12.6 Å². The number of methoxy groups -OCH3 is 1. The SMILES string of the molecule is COc1ccc(-c2cc(C(=O)NC(C)c3ccccc3)nn2C)cc1. The molecule has 5 heteroatoms. The molecule has 1 amide bonds. The summed E-state index contributed by atoms with van der Waals surface area (Å²) >= 11 is 0. The van der Waals surface area contributed by atoms with Crippen LogP contribution in [0.5, 0.6) is 5.75 Å². The first kappa shape index (κ1) is 16.8. The van der Waals surface area contributed by atoms with E-state index in [0.717, 1.165) is 22.6 Å². The van der Waals surface area contributed by atoms with Crippen LogP contribution in [0.2, 0.25) is 0 Å². The van der Waals surface area contributed by atoms with Crippen molar-refractivity contribution in [3.8, 4) is 17.0 Å². The van der Waals surface area contributed by atoms with Crippen molar-refractivity contribution in [1.29, 1.82) is 0 Å². The summed E-state index contributed by atoms with van der Waals surface area (Å²) in [5.41, 5.74) is 3.31. The van der Waals surface area contributed by atoms with E-state index in [-0.39, 0.29) is 11.9 Å². The van der Waals surface area contributed by atoms with Crippen LogP contribution in [0.25, 0.3) is 11.3 Å². The molecular weight excluding hydrogens is 314 g/mol. The van der Waals surface area contributed by atoms with Crippen LogP contribution in [0.3, 0.4) is 0 Å². The van der Waals surface area contributed by atoms with Crippen molar-refractivity contribution in [2.45, 2.75) is 13.0 Å². The zero-order valence-corrected chi connectivity index (χ0v) is 14.6. The van der Waals surface area contributed by atoms with Gasteiger partial charge in [0.25, 0.3) is 5.91 Å². The molecule has 0 spiro atoms. The summed E-state index contributed by atoms with van der Waals surface area (Å²) in [5, 5.41) is 7.34. The second-order valence-electron chi connectivity index (χ2n) is 5.87. The number of carbonyl (C=O) groups excluding carboxylic acids is 1. The molecule has 0 saturated heterocycles. The Morgan fingerprint density at radius 1 is 1.12 bits per heavy atom. The summed E-state index contributed by atoms with van der Waals surface area (Å²) in [6.07, 6.45) is 0. The second kappa shape index (κ2) is 7.21. The van der Waals surface area contributed by atoms with Crippen LogP contribution in [0.15, 0.2) is 60.7 Å². The highest BCUT2D eigenvalue weighted by Crippen LogP contribution is 2.23. The third-order valence-electron chi connectivity index (χ3n) is 4.15. The summed E-state index contributed by atoms with van der Waals surface area (Å²) in [5.74, 6) is 0.604. The molecule has 1 heterocycles. The first-order chi connectivity index (χ1) is 12.1. The molecule has 0 bridgehead atoms. The number of aryl methyl sites for hydroxylation is 1. The normalized spacial score (nSPS) is 11.8. The zero-order chi connectivity index (χ0) is 17.8. The Balaban J connectivity index is 1.78. The van der Waals surface area contributed by atoms with Gasteiger partial charge in [-0.25, -0.2) is 0 Å². The maximum Gasteiger partial charge on any atom is 0.272 e. The summed E-state index contributed by atoms with van der Waals surface area (Å²) in [4.78, 5) is 12.5. The van der Waals surface area contributed by atoms with E-state index < -0.39 is 0 Å². The van der Waals surface area contributed by atoms with E-state index in [1.54, 1.807) is 17.9 Å². The van der Waals surface area contributed by atoms with Gasteiger partial charge in [0.1, 0.15) is 5.75 Å². The molecule has 3 rings (SSSR count). The van der Waals surface area contributed by atoms with Gasteiger partial charge in [0.2, 0.25) is 0 Å². The van der Waals surface area contributed by atoms with E-state index in [4.69, 9.17) is 4.74 Å². The average molecular weight is 335 g/mol. The van der Waals surface area contributed by atoms with Gasteiger partial charge in [-0.2, -0.15) is 5.10 Å². The molecule has 0 fully saturated rings. The van der Waals surface area contributed by atoms with Gasteiger partial charge in [0.15, 0.2) is 5.69 Å². The summed E-state index contributed by atoms with van der Waals surface area (Å²) < 4.78 is 6.89. The van der Waals surface area contributed by atoms with Crippen molar-refractivity contribution in [3.63, 3.8) is 0 Å². The Morgan fingerprint density at radius 3 is 2.44 bits per heavy atom. The van der Waals surface area contributed by atoms with Gasteiger partial charge in [-0.1, -0.05) is 30.3 Å². The largest absolute Gasteiger partial charge is 0.497 e. The third kappa shape index (κ3) is 3.71. The van der Waals surface area contributed by atoms with Gasteiger partial charge < -0.3 is 10.1 Å². The fourth-order valence-corrected chi connectivity index (χ4v) is 2.71. The Labute approximate surface area is 147 Å². The van der Waals surface area contributed by atoms with E-state index >= 15 is 0 Å². The Hall–Kier alpha value is -3.08. The van der Waals surface area contributed by atoms with Crippen LogP contribution in [0, 0.1) is 0 Å². The number of nitrogens with zero attached hydrogens (tertiary/aromatic N) is 2. The molecule has 1 aromatic heterocycles. The lowest BCUT2D eigenvalue weighted by atomic mass is 10.1. The molecule has 3 aromatic rings. The number of amides is 1. The predicted molar refractivity (Wildman–Crippen MR) is 97.5 cm³/mol. The van der Waals surface area contributed by atoms with Crippen LogP contribution in [0.4, 0.5) is 0 Å². The molecule has 2 aromatic carbocycles. The highest BCUT2D eigenvalue weighted by molar-refractivity contribution is 5.93. The lowest BCUT2D eigenvalue weighted by Gasteiger charge is -2.13. The summed E-state index contributed by atoms with van der Waals surface area (Å²) in [6.45, 7) is 1.96. The van der Waals surface area contributed by atoms with E-state index in [1.165, 1.54) is 0 Å². The lowest BCUT2D eigenvalue weighted by Crippen LogP contribution is -2.27. The van der Waals surface area contributed by atoms with Gasteiger partial charge in [-0.3, -0.25) is 9.48 Å². The van der Waals surface area contributed by atoms with E-state index in [2.05, 4.69) is 10.4 Å². The Morgan fingerprint density at radius 2 is 1.80 bits per heavy atom. The minimum absolute atomic E-state index is 0.0832. The fraction of sp³-hybridized carbons (Fsp3) is 0.200. The Bertz CT molecular complexity index is 854. The maximum atomic E-state index is 12.5. The number of ether oxygens (including phenoxy) is 1. The summed E-state index contributed by atoms with van der Waals surface area (Å²) in [6, 6.07) is 19.2. The quantitative estimate of drug-likeness (QED) is 0.775. The number of hydrogen-bond donors (Lipinski definition) is 1. The minimum atomic E-state index is -0.188. The molecule has 1 unspecified atom stereocenters. The Kier molecular flexibility index (Phi) is 4.84. The van der Waals surface area contributed by atoms with Crippen molar-refractivity contribution in [3.05, 3.63) is 71.9 Å². The predicted octanol–water partition coefficient (Wildman–Crippen LogP) is 3.59. The summed E-state index contributed by atoms with van der Waals surface area (Å²) in [7, 11) is 3.46.